The van der Waals surface area contributed by atoms with E-state index >= 15 is 0 Å². The van der Waals surface area contributed by atoms with Gasteiger partial charge in [0.1, 0.15) is 12.4 Å². The fourth-order valence-corrected chi connectivity index (χ4v) is 2.49. The third-order valence-corrected chi connectivity index (χ3v) is 3.51. The van der Waals surface area contributed by atoms with Gasteiger partial charge in [-0.2, -0.15) is 22.8 Å². The summed E-state index contributed by atoms with van der Waals surface area (Å²) in [5, 5.41) is 10.8. The zero-order valence-electron chi connectivity index (χ0n) is 10.8. The van der Waals surface area contributed by atoms with Gasteiger partial charge in [-0.05, 0) is 24.6 Å². The van der Waals surface area contributed by atoms with Gasteiger partial charge in [-0.1, -0.05) is 23.5 Å². The fraction of sp³-hybridized carbons (Fsp3) is 0.250. The average molecular weight is 314 g/mol. The SMILES string of the molecule is Cc1cccc(OCc2nn3c(C(F)(F)F)nnc3s2)c1. The van der Waals surface area contributed by atoms with Crippen LogP contribution in [0.1, 0.15) is 16.4 Å². The molecule has 2 aromatic heterocycles. The van der Waals surface area contributed by atoms with E-state index in [9.17, 15) is 13.2 Å². The summed E-state index contributed by atoms with van der Waals surface area (Å²) in [6.45, 7) is 2.00. The van der Waals surface area contributed by atoms with Gasteiger partial charge in [0.05, 0.1) is 0 Å². The van der Waals surface area contributed by atoms with Crippen molar-refractivity contribution in [1.82, 2.24) is 19.8 Å². The van der Waals surface area contributed by atoms with Crippen LogP contribution in [0.4, 0.5) is 13.2 Å². The highest BCUT2D eigenvalue weighted by Crippen LogP contribution is 2.29. The Bertz CT molecular complexity index is 780. The van der Waals surface area contributed by atoms with Crippen LogP contribution in [0.25, 0.3) is 4.96 Å². The monoisotopic (exact) mass is 314 g/mol. The van der Waals surface area contributed by atoms with Gasteiger partial charge in [0.25, 0.3) is 5.82 Å². The third kappa shape index (κ3) is 2.82. The van der Waals surface area contributed by atoms with Crippen LogP contribution in [-0.2, 0) is 12.8 Å². The van der Waals surface area contributed by atoms with Crippen LogP contribution >= 0.6 is 11.3 Å². The van der Waals surface area contributed by atoms with Crippen molar-refractivity contribution < 1.29 is 17.9 Å². The summed E-state index contributed by atoms with van der Waals surface area (Å²) >= 11 is 1.01. The molecular weight excluding hydrogens is 305 g/mol. The molecular formula is C12H9F3N4OS. The predicted octanol–water partition coefficient (Wildman–Crippen LogP) is 3.09. The Kier molecular flexibility index (Phi) is 3.28. The lowest BCUT2D eigenvalue weighted by Crippen LogP contribution is -2.11. The smallest absolute Gasteiger partial charge is 0.453 e. The van der Waals surface area contributed by atoms with Gasteiger partial charge in [-0.25, -0.2) is 0 Å². The van der Waals surface area contributed by atoms with Gasteiger partial charge in [-0.15, -0.1) is 10.2 Å². The Hall–Kier alpha value is -2.16. The maximum absolute atomic E-state index is 12.7. The lowest BCUT2D eigenvalue weighted by atomic mass is 10.2. The molecule has 0 fully saturated rings. The molecule has 0 aliphatic rings. The van der Waals surface area contributed by atoms with E-state index in [1.54, 1.807) is 6.07 Å². The van der Waals surface area contributed by atoms with Gasteiger partial charge in [0.2, 0.25) is 4.96 Å². The number of halogens is 3. The molecule has 0 saturated carbocycles. The highest BCUT2D eigenvalue weighted by atomic mass is 32.1. The zero-order valence-corrected chi connectivity index (χ0v) is 11.6. The van der Waals surface area contributed by atoms with E-state index in [0.717, 1.165) is 16.9 Å². The normalized spacial score (nSPS) is 12.0. The molecule has 3 rings (SSSR count). The first kappa shape index (κ1) is 13.8. The number of ether oxygens (including phenoxy) is 1. The highest BCUT2D eigenvalue weighted by molar-refractivity contribution is 7.16. The second-order valence-corrected chi connectivity index (χ2v) is 5.36. The number of hydrogen-bond acceptors (Lipinski definition) is 5. The Balaban J connectivity index is 1.81. The molecule has 0 radical (unpaired) electrons. The van der Waals surface area contributed by atoms with Crippen LogP contribution in [0.3, 0.4) is 0 Å². The molecule has 0 atom stereocenters. The lowest BCUT2D eigenvalue weighted by molar-refractivity contribution is -0.146. The minimum Gasteiger partial charge on any atom is -0.486 e. The van der Waals surface area contributed by atoms with Crippen LogP contribution < -0.4 is 4.74 Å². The molecule has 0 aliphatic heterocycles. The van der Waals surface area contributed by atoms with Gasteiger partial charge < -0.3 is 4.74 Å². The van der Waals surface area contributed by atoms with E-state index < -0.39 is 12.0 Å². The lowest BCUT2D eigenvalue weighted by Gasteiger charge is -2.04. The van der Waals surface area contributed by atoms with Crippen molar-refractivity contribution in [2.24, 2.45) is 0 Å². The molecule has 1 aromatic carbocycles. The van der Waals surface area contributed by atoms with E-state index in [1.807, 2.05) is 25.1 Å². The van der Waals surface area contributed by atoms with Crippen molar-refractivity contribution in [3.63, 3.8) is 0 Å². The molecule has 0 aliphatic carbocycles. The maximum Gasteiger partial charge on any atom is 0.453 e. The molecule has 3 aromatic rings. The molecule has 0 N–H and O–H groups in total. The van der Waals surface area contributed by atoms with Gasteiger partial charge in [0.15, 0.2) is 5.01 Å². The van der Waals surface area contributed by atoms with Gasteiger partial charge in [0, 0.05) is 0 Å². The van der Waals surface area contributed by atoms with E-state index in [2.05, 4.69) is 15.3 Å². The number of aryl methyl sites for hydroxylation is 1. The molecule has 21 heavy (non-hydrogen) atoms. The Morgan fingerprint density at radius 1 is 1.29 bits per heavy atom. The zero-order chi connectivity index (χ0) is 15.0. The standard InChI is InChI=1S/C12H9F3N4OS/c1-7-3-2-4-8(5-7)20-6-9-18-19-10(12(13,14)15)16-17-11(19)21-9/h2-5H,6H2,1H3. The van der Waals surface area contributed by atoms with Crippen molar-refractivity contribution in [3.05, 3.63) is 40.7 Å². The highest BCUT2D eigenvalue weighted by Gasteiger charge is 2.38. The molecule has 0 unspecified atom stereocenters. The number of alkyl halides is 3. The number of fused-ring (bicyclic) bond motifs is 1. The molecule has 0 amide bonds. The summed E-state index contributed by atoms with van der Waals surface area (Å²) in [6.07, 6.45) is -4.58. The Morgan fingerprint density at radius 2 is 2.10 bits per heavy atom. The first-order chi connectivity index (χ1) is 9.93. The van der Waals surface area contributed by atoms with Crippen molar-refractivity contribution in [3.8, 4) is 5.75 Å². The Labute approximate surface area is 121 Å². The first-order valence-corrected chi connectivity index (χ1v) is 6.73. The molecule has 110 valence electrons. The summed E-state index contributed by atoms with van der Waals surface area (Å²) in [6, 6.07) is 7.37. The molecule has 0 saturated heterocycles. The fourth-order valence-electron chi connectivity index (χ4n) is 1.74. The molecule has 9 heteroatoms. The third-order valence-electron chi connectivity index (χ3n) is 2.64. The second-order valence-electron chi connectivity index (χ2n) is 4.32. The minimum atomic E-state index is -4.58. The molecule has 5 nitrogen and oxygen atoms in total. The predicted molar refractivity (Wildman–Crippen MR) is 69.2 cm³/mol. The summed E-state index contributed by atoms with van der Waals surface area (Å²) in [5.41, 5.74) is 1.03. The Morgan fingerprint density at radius 3 is 2.81 bits per heavy atom. The van der Waals surface area contributed by atoms with E-state index in [1.165, 1.54) is 0 Å². The van der Waals surface area contributed by atoms with Crippen molar-refractivity contribution in [2.45, 2.75) is 19.7 Å². The quantitative estimate of drug-likeness (QED) is 0.745. The molecule has 2 heterocycles. The molecule has 0 bridgehead atoms. The summed E-state index contributed by atoms with van der Waals surface area (Å²) in [4.78, 5) is 0.0881. The van der Waals surface area contributed by atoms with Crippen LogP contribution in [0.2, 0.25) is 0 Å². The number of nitrogens with zero attached hydrogens (tertiary/aromatic N) is 4. The number of rotatable bonds is 3. The van der Waals surface area contributed by atoms with Gasteiger partial charge >= 0.3 is 6.18 Å². The minimum absolute atomic E-state index is 0.0782. The van der Waals surface area contributed by atoms with Crippen molar-refractivity contribution >= 4 is 16.3 Å². The number of hydrogen-bond donors (Lipinski definition) is 0. The average Bonchev–Trinajstić information content (AvgIpc) is 2.94. The topological polar surface area (TPSA) is 52.3 Å². The second kappa shape index (κ2) is 4.99. The maximum atomic E-state index is 12.7. The van der Waals surface area contributed by atoms with Crippen molar-refractivity contribution in [2.75, 3.05) is 0 Å². The van der Waals surface area contributed by atoms with Crippen LogP contribution in [0.5, 0.6) is 5.75 Å². The van der Waals surface area contributed by atoms with Crippen LogP contribution in [0.15, 0.2) is 24.3 Å². The van der Waals surface area contributed by atoms with E-state index in [-0.39, 0.29) is 11.6 Å². The van der Waals surface area contributed by atoms with Gasteiger partial charge in [-0.3, -0.25) is 0 Å². The number of aromatic nitrogens is 4. The number of benzene rings is 1. The van der Waals surface area contributed by atoms with E-state index in [0.29, 0.717) is 15.3 Å². The summed E-state index contributed by atoms with van der Waals surface area (Å²) < 4.78 is 44.2. The first-order valence-electron chi connectivity index (χ1n) is 5.91. The summed E-state index contributed by atoms with van der Waals surface area (Å²) in [5.74, 6) is -0.493. The largest absolute Gasteiger partial charge is 0.486 e. The molecule has 0 spiro atoms. The summed E-state index contributed by atoms with van der Waals surface area (Å²) in [7, 11) is 0. The van der Waals surface area contributed by atoms with Crippen molar-refractivity contribution in [1.29, 1.82) is 0 Å². The van der Waals surface area contributed by atoms with E-state index in [4.69, 9.17) is 4.74 Å². The van der Waals surface area contributed by atoms with Crippen LogP contribution in [-0.4, -0.2) is 19.8 Å². The van der Waals surface area contributed by atoms with Crippen LogP contribution in [0, 0.1) is 6.92 Å².